The fraction of sp³-hybridized carbons (Fsp3) is 0.333. The molecule has 2 aromatic rings. The third-order valence-electron chi connectivity index (χ3n) is 4.46. The van der Waals surface area contributed by atoms with Crippen molar-refractivity contribution in [1.82, 2.24) is 5.32 Å². The zero-order valence-electron chi connectivity index (χ0n) is 15.5. The lowest BCUT2D eigenvalue weighted by Crippen LogP contribution is -2.43. The van der Waals surface area contributed by atoms with Gasteiger partial charge in [-0.05, 0) is 43.0 Å². The number of benzene rings is 2. The average molecular weight is 369 g/mol. The van der Waals surface area contributed by atoms with E-state index in [1.165, 1.54) is 0 Å². The summed E-state index contributed by atoms with van der Waals surface area (Å²) in [7, 11) is 0. The van der Waals surface area contributed by atoms with Crippen LogP contribution in [0.15, 0.2) is 54.6 Å². The van der Waals surface area contributed by atoms with Crippen LogP contribution in [-0.2, 0) is 16.0 Å². The minimum absolute atomic E-state index is 0.0520. The molecule has 0 fully saturated rings. The highest BCUT2D eigenvalue weighted by Gasteiger charge is 2.23. The van der Waals surface area contributed by atoms with Crippen LogP contribution in [0, 0.1) is 0 Å². The van der Waals surface area contributed by atoms with Crippen LogP contribution in [0.5, 0.6) is 5.75 Å². The Bertz CT molecular complexity index is 745. The quantitative estimate of drug-likeness (QED) is 0.534. The number of amides is 1. The van der Waals surface area contributed by atoms with Crippen molar-refractivity contribution in [3.8, 4) is 5.75 Å². The minimum atomic E-state index is -0.700. The lowest BCUT2D eigenvalue weighted by molar-refractivity contribution is -0.123. The van der Waals surface area contributed by atoms with Crippen molar-refractivity contribution >= 4 is 11.7 Å². The maximum Gasteiger partial charge on any atom is 0.237 e. The first-order valence-corrected chi connectivity index (χ1v) is 9.04. The first-order valence-electron chi connectivity index (χ1n) is 9.04. The van der Waals surface area contributed by atoms with E-state index in [0.717, 1.165) is 11.1 Å². The maximum atomic E-state index is 12.4. The van der Waals surface area contributed by atoms with Crippen molar-refractivity contribution in [2.24, 2.45) is 11.5 Å². The molecule has 2 aromatic carbocycles. The summed E-state index contributed by atoms with van der Waals surface area (Å²) in [6.45, 7) is 2.00. The smallest absolute Gasteiger partial charge is 0.237 e. The van der Waals surface area contributed by atoms with Gasteiger partial charge in [0.05, 0.1) is 12.1 Å². The zero-order valence-corrected chi connectivity index (χ0v) is 15.5. The molecule has 3 atom stereocenters. The van der Waals surface area contributed by atoms with Gasteiger partial charge in [0.25, 0.3) is 0 Å². The van der Waals surface area contributed by atoms with Gasteiger partial charge in [-0.1, -0.05) is 42.5 Å². The molecule has 6 heteroatoms. The summed E-state index contributed by atoms with van der Waals surface area (Å²) in [4.78, 5) is 24.7. The van der Waals surface area contributed by atoms with E-state index in [9.17, 15) is 14.7 Å². The highest BCUT2D eigenvalue weighted by molar-refractivity contribution is 5.90. The molecule has 2 rings (SSSR count). The van der Waals surface area contributed by atoms with Crippen molar-refractivity contribution in [1.29, 1.82) is 0 Å². The second-order valence-electron chi connectivity index (χ2n) is 6.71. The van der Waals surface area contributed by atoms with Crippen molar-refractivity contribution in [2.75, 3.05) is 6.54 Å². The van der Waals surface area contributed by atoms with Crippen molar-refractivity contribution in [3.05, 3.63) is 65.7 Å². The Morgan fingerprint density at radius 2 is 1.67 bits per heavy atom. The molecular weight excluding hydrogens is 342 g/mol. The fourth-order valence-electron chi connectivity index (χ4n) is 2.93. The molecule has 0 aliphatic heterocycles. The summed E-state index contributed by atoms with van der Waals surface area (Å²) >= 11 is 0. The van der Waals surface area contributed by atoms with Gasteiger partial charge in [-0.15, -0.1) is 0 Å². The number of rotatable bonds is 9. The molecule has 1 unspecified atom stereocenters. The summed E-state index contributed by atoms with van der Waals surface area (Å²) in [5.41, 5.74) is 13.5. The molecule has 0 heterocycles. The van der Waals surface area contributed by atoms with E-state index in [0.29, 0.717) is 19.4 Å². The molecule has 27 heavy (non-hydrogen) atoms. The number of hydrogen-bond donors (Lipinski definition) is 4. The molecule has 6 nitrogen and oxygen atoms in total. The Balaban J connectivity index is 1.90. The number of phenolic OH excluding ortho intramolecular Hbond substituents is 1. The zero-order chi connectivity index (χ0) is 19.8. The van der Waals surface area contributed by atoms with Gasteiger partial charge in [0.2, 0.25) is 5.91 Å². The lowest BCUT2D eigenvalue weighted by Gasteiger charge is -2.19. The Kier molecular flexibility index (Phi) is 7.52. The van der Waals surface area contributed by atoms with E-state index >= 15 is 0 Å². The second kappa shape index (κ2) is 9.85. The highest BCUT2D eigenvalue weighted by atomic mass is 16.3. The number of nitrogens with one attached hydrogen (secondary N) is 1. The Hall–Kier alpha value is -2.70. The van der Waals surface area contributed by atoms with Gasteiger partial charge in [0.15, 0.2) is 5.78 Å². The van der Waals surface area contributed by atoms with Crippen LogP contribution in [0.4, 0.5) is 0 Å². The minimum Gasteiger partial charge on any atom is -0.508 e. The van der Waals surface area contributed by atoms with Crippen molar-refractivity contribution in [3.63, 3.8) is 0 Å². The SMILES string of the molecule is C[C@H](N)C(=O)C(CCNC(=O)[C@@H](N)Cc1ccc(O)cc1)c1ccccc1. The number of aromatic hydroxyl groups is 1. The summed E-state index contributed by atoms with van der Waals surface area (Å²) < 4.78 is 0. The van der Waals surface area contributed by atoms with E-state index in [4.69, 9.17) is 11.5 Å². The fourth-order valence-corrected chi connectivity index (χ4v) is 2.93. The number of ketones is 1. The standard InChI is InChI=1S/C21H27N3O3/c1-14(22)20(26)18(16-5-3-2-4-6-16)11-12-24-21(27)19(23)13-15-7-9-17(25)10-8-15/h2-10,14,18-19,25H,11-13,22-23H2,1H3,(H,24,27)/t14-,18?,19-/m0/s1. The number of carbonyl (C=O) groups excluding carboxylic acids is 2. The van der Waals surface area contributed by atoms with Crippen LogP contribution in [0.1, 0.15) is 30.4 Å². The van der Waals surface area contributed by atoms with E-state index in [-0.39, 0.29) is 23.4 Å². The number of carbonyl (C=O) groups is 2. The molecule has 0 bridgehead atoms. The molecule has 0 radical (unpaired) electrons. The monoisotopic (exact) mass is 369 g/mol. The van der Waals surface area contributed by atoms with Crippen LogP contribution in [0.3, 0.4) is 0 Å². The van der Waals surface area contributed by atoms with E-state index in [2.05, 4.69) is 5.32 Å². The molecule has 0 spiro atoms. The van der Waals surface area contributed by atoms with E-state index in [1.807, 2.05) is 30.3 Å². The summed E-state index contributed by atoms with van der Waals surface area (Å²) in [6, 6.07) is 14.7. The van der Waals surface area contributed by atoms with Gasteiger partial charge in [-0.2, -0.15) is 0 Å². The molecule has 6 N–H and O–H groups in total. The van der Waals surface area contributed by atoms with Gasteiger partial charge in [0, 0.05) is 12.5 Å². The third-order valence-corrected chi connectivity index (χ3v) is 4.46. The molecule has 0 aromatic heterocycles. The molecule has 0 aliphatic carbocycles. The number of Topliss-reactive ketones (excluding diaryl/α,β-unsaturated/α-hetero) is 1. The number of nitrogens with two attached hydrogens (primary N) is 2. The van der Waals surface area contributed by atoms with Gasteiger partial charge >= 0.3 is 0 Å². The maximum absolute atomic E-state index is 12.4. The van der Waals surface area contributed by atoms with Crippen LogP contribution in [-0.4, -0.2) is 35.4 Å². The summed E-state index contributed by atoms with van der Waals surface area (Å²) in [5, 5.41) is 12.1. The van der Waals surface area contributed by atoms with Crippen LogP contribution in [0.2, 0.25) is 0 Å². The molecular formula is C21H27N3O3. The van der Waals surface area contributed by atoms with Crippen LogP contribution >= 0.6 is 0 Å². The predicted molar refractivity (Wildman–Crippen MR) is 105 cm³/mol. The van der Waals surface area contributed by atoms with Crippen molar-refractivity contribution in [2.45, 2.75) is 37.8 Å². The Labute approximate surface area is 159 Å². The van der Waals surface area contributed by atoms with Crippen LogP contribution in [0.25, 0.3) is 0 Å². The van der Waals surface area contributed by atoms with Gasteiger partial charge in [-0.3, -0.25) is 9.59 Å². The van der Waals surface area contributed by atoms with Gasteiger partial charge in [-0.25, -0.2) is 0 Å². The molecule has 0 aliphatic rings. The normalized spacial score (nSPS) is 14.2. The van der Waals surface area contributed by atoms with Gasteiger partial charge < -0.3 is 21.9 Å². The lowest BCUT2D eigenvalue weighted by atomic mass is 9.88. The molecule has 0 saturated heterocycles. The Morgan fingerprint density at radius 1 is 1.04 bits per heavy atom. The van der Waals surface area contributed by atoms with E-state index in [1.54, 1.807) is 31.2 Å². The first kappa shape index (κ1) is 20.6. The van der Waals surface area contributed by atoms with E-state index < -0.39 is 12.1 Å². The third kappa shape index (κ3) is 6.20. The largest absolute Gasteiger partial charge is 0.508 e. The summed E-state index contributed by atoms with van der Waals surface area (Å²) in [6.07, 6.45) is 0.828. The number of phenols is 1. The van der Waals surface area contributed by atoms with Crippen LogP contribution < -0.4 is 16.8 Å². The Morgan fingerprint density at radius 3 is 2.26 bits per heavy atom. The second-order valence-corrected chi connectivity index (χ2v) is 6.71. The highest BCUT2D eigenvalue weighted by Crippen LogP contribution is 2.21. The summed E-state index contributed by atoms with van der Waals surface area (Å²) in [5.74, 6) is -0.519. The topological polar surface area (TPSA) is 118 Å². The van der Waals surface area contributed by atoms with Gasteiger partial charge in [0.1, 0.15) is 5.75 Å². The number of hydrogen-bond acceptors (Lipinski definition) is 5. The first-order chi connectivity index (χ1) is 12.9. The molecule has 144 valence electrons. The van der Waals surface area contributed by atoms with Crippen molar-refractivity contribution < 1.29 is 14.7 Å². The molecule has 1 amide bonds. The average Bonchev–Trinajstić information content (AvgIpc) is 2.67. The molecule has 0 saturated carbocycles. The predicted octanol–water partition coefficient (Wildman–Crippen LogP) is 1.47.